The van der Waals surface area contributed by atoms with Crippen LogP contribution in [0.2, 0.25) is 0 Å². The van der Waals surface area contributed by atoms with Gasteiger partial charge in [0, 0.05) is 6.20 Å². The second kappa shape index (κ2) is 3.12. The smallest absolute Gasteiger partial charge is 0.337 e. The molecule has 0 aliphatic rings. The first-order chi connectivity index (χ1) is 5.24. The fourth-order valence-electron chi connectivity index (χ4n) is 0.645. The molecule has 0 radical (unpaired) electrons. The maximum atomic E-state index is 10.3. The highest BCUT2D eigenvalue weighted by Gasteiger charge is 2.01. The molecule has 1 rings (SSSR count). The van der Waals surface area contributed by atoms with Gasteiger partial charge >= 0.3 is 5.97 Å². The quantitative estimate of drug-likeness (QED) is 0.639. The first-order valence-corrected chi connectivity index (χ1v) is 3.03. The Morgan fingerprint density at radius 1 is 1.55 bits per heavy atom. The zero-order valence-electron chi connectivity index (χ0n) is 5.69. The van der Waals surface area contributed by atoms with E-state index in [0.29, 0.717) is 5.69 Å². The number of carboxylic acid groups (broad SMARTS) is 1. The molecule has 1 aromatic heterocycles. The molecule has 0 saturated heterocycles. The SMILES string of the molecule is O=C(O)c1ccc(CO)nc1. The van der Waals surface area contributed by atoms with Gasteiger partial charge in [0.2, 0.25) is 0 Å². The van der Waals surface area contributed by atoms with Crippen LogP contribution in [0.5, 0.6) is 0 Å². The van der Waals surface area contributed by atoms with Crippen molar-refractivity contribution in [2.45, 2.75) is 6.61 Å². The van der Waals surface area contributed by atoms with Crippen molar-refractivity contribution >= 4 is 5.97 Å². The highest BCUT2D eigenvalue weighted by atomic mass is 16.4. The van der Waals surface area contributed by atoms with Crippen molar-refractivity contribution in [3.63, 3.8) is 0 Å². The molecule has 0 spiro atoms. The molecule has 58 valence electrons. The molecule has 1 heterocycles. The number of carbonyl (C=O) groups is 1. The van der Waals surface area contributed by atoms with Gasteiger partial charge < -0.3 is 10.2 Å². The third-order valence-corrected chi connectivity index (χ3v) is 1.23. The summed E-state index contributed by atoms with van der Waals surface area (Å²) in [6, 6.07) is 2.88. The third kappa shape index (κ3) is 1.75. The maximum Gasteiger partial charge on any atom is 0.337 e. The molecule has 0 fully saturated rings. The van der Waals surface area contributed by atoms with Gasteiger partial charge in [0.1, 0.15) is 0 Å². The molecule has 4 heteroatoms. The van der Waals surface area contributed by atoms with Gasteiger partial charge in [-0.2, -0.15) is 0 Å². The molecule has 11 heavy (non-hydrogen) atoms. The van der Waals surface area contributed by atoms with Crippen LogP contribution in [0.1, 0.15) is 16.1 Å². The van der Waals surface area contributed by atoms with E-state index in [1.807, 2.05) is 0 Å². The van der Waals surface area contributed by atoms with Crippen molar-refractivity contribution in [3.8, 4) is 0 Å². The molecular weight excluding hydrogens is 146 g/mol. The number of rotatable bonds is 2. The normalized spacial score (nSPS) is 9.55. The summed E-state index contributed by atoms with van der Waals surface area (Å²) >= 11 is 0. The van der Waals surface area contributed by atoms with Crippen molar-refractivity contribution in [3.05, 3.63) is 29.6 Å². The molecule has 0 unspecified atom stereocenters. The summed E-state index contributed by atoms with van der Waals surface area (Å²) in [6.45, 7) is -0.167. The lowest BCUT2D eigenvalue weighted by molar-refractivity contribution is 0.0696. The molecule has 0 saturated carbocycles. The summed E-state index contributed by atoms with van der Waals surface area (Å²) < 4.78 is 0. The number of aromatic nitrogens is 1. The minimum absolute atomic E-state index is 0.127. The lowest BCUT2D eigenvalue weighted by atomic mass is 10.2. The van der Waals surface area contributed by atoms with Gasteiger partial charge in [-0.15, -0.1) is 0 Å². The van der Waals surface area contributed by atoms with Crippen LogP contribution in [-0.4, -0.2) is 21.2 Å². The standard InChI is InChI=1S/C7H7NO3/c9-4-6-2-1-5(3-8-6)7(10)11/h1-3,9H,4H2,(H,10,11). The Kier molecular flexibility index (Phi) is 2.18. The van der Waals surface area contributed by atoms with Crippen LogP contribution in [0.15, 0.2) is 18.3 Å². The number of pyridine rings is 1. The zero-order chi connectivity index (χ0) is 8.27. The van der Waals surface area contributed by atoms with E-state index >= 15 is 0 Å². The Balaban J connectivity index is 2.91. The fraction of sp³-hybridized carbons (Fsp3) is 0.143. The van der Waals surface area contributed by atoms with Crippen LogP contribution in [0.3, 0.4) is 0 Å². The molecule has 0 amide bonds. The number of hydrogen-bond donors (Lipinski definition) is 2. The van der Waals surface area contributed by atoms with Gasteiger partial charge in [0.05, 0.1) is 17.9 Å². The Morgan fingerprint density at radius 3 is 2.64 bits per heavy atom. The van der Waals surface area contributed by atoms with Gasteiger partial charge in [-0.25, -0.2) is 4.79 Å². The second-order valence-corrected chi connectivity index (χ2v) is 2.00. The molecule has 0 atom stereocenters. The summed E-state index contributed by atoms with van der Waals surface area (Å²) in [5.41, 5.74) is 0.595. The van der Waals surface area contributed by atoms with E-state index in [9.17, 15) is 4.79 Å². The van der Waals surface area contributed by atoms with Crippen LogP contribution in [0.4, 0.5) is 0 Å². The van der Waals surface area contributed by atoms with E-state index in [-0.39, 0.29) is 12.2 Å². The Labute approximate surface area is 63.1 Å². The Morgan fingerprint density at radius 2 is 2.27 bits per heavy atom. The van der Waals surface area contributed by atoms with Crippen LogP contribution in [0.25, 0.3) is 0 Å². The molecule has 2 N–H and O–H groups in total. The molecule has 0 aromatic carbocycles. The monoisotopic (exact) mass is 153 g/mol. The molecule has 0 aliphatic carbocycles. The van der Waals surface area contributed by atoms with E-state index in [4.69, 9.17) is 10.2 Å². The number of carboxylic acids is 1. The average Bonchev–Trinajstić information content (AvgIpc) is 2.05. The summed E-state index contributed by atoms with van der Waals surface area (Å²) in [5.74, 6) is -1.01. The van der Waals surface area contributed by atoms with E-state index in [2.05, 4.69) is 4.98 Å². The highest BCUT2D eigenvalue weighted by molar-refractivity contribution is 5.87. The summed E-state index contributed by atoms with van der Waals surface area (Å²) in [6.07, 6.45) is 1.22. The average molecular weight is 153 g/mol. The number of hydrogen-bond acceptors (Lipinski definition) is 3. The van der Waals surface area contributed by atoms with Crippen molar-refractivity contribution in [1.29, 1.82) is 0 Å². The molecule has 4 nitrogen and oxygen atoms in total. The van der Waals surface area contributed by atoms with E-state index in [0.717, 1.165) is 0 Å². The van der Waals surface area contributed by atoms with E-state index in [1.165, 1.54) is 18.3 Å². The fourth-order valence-corrected chi connectivity index (χ4v) is 0.645. The van der Waals surface area contributed by atoms with Crippen molar-refractivity contribution in [2.75, 3.05) is 0 Å². The van der Waals surface area contributed by atoms with Crippen molar-refractivity contribution < 1.29 is 15.0 Å². The summed E-state index contributed by atoms with van der Waals surface area (Å²) in [7, 11) is 0. The highest BCUT2D eigenvalue weighted by Crippen LogP contribution is 1.99. The lowest BCUT2D eigenvalue weighted by Gasteiger charge is -1.94. The zero-order valence-corrected chi connectivity index (χ0v) is 5.69. The topological polar surface area (TPSA) is 70.4 Å². The molecule has 1 aromatic rings. The van der Waals surface area contributed by atoms with Crippen LogP contribution in [-0.2, 0) is 6.61 Å². The lowest BCUT2D eigenvalue weighted by Crippen LogP contribution is -1.98. The maximum absolute atomic E-state index is 10.3. The van der Waals surface area contributed by atoms with Crippen LogP contribution >= 0.6 is 0 Å². The first-order valence-electron chi connectivity index (χ1n) is 3.03. The molecule has 0 aliphatic heterocycles. The number of aliphatic hydroxyl groups excluding tert-OH is 1. The third-order valence-electron chi connectivity index (χ3n) is 1.23. The largest absolute Gasteiger partial charge is 0.478 e. The number of aliphatic hydroxyl groups is 1. The predicted octanol–water partition coefficient (Wildman–Crippen LogP) is 0.272. The van der Waals surface area contributed by atoms with Gasteiger partial charge in [-0.05, 0) is 12.1 Å². The van der Waals surface area contributed by atoms with E-state index in [1.54, 1.807) is 0 Å². The van der Waals surface area contributed by atoms with Gasteiger partial charge in [-0.3, -0.25) is 4.98 Å². The summed E-state index contributed by atoms with van der Waals surface area (Å²) in [4.78, 5) is 14.0. The van der Waals surface area contributed by atoms with E-state index < -0.39 is 5.97 Å². The minimum Gasteiger partial charge on any atom is -0.478 e. The van der Waals surface area contributed by atoms with Gasteiger partial charge in [0.15, 0.2) is 0 Å². The van der Waals surface area contributed by atoms with Crippen LogP contribution in [0, 0.1) is 0 Å². The van der Waals surface area contributed by atoms with Crippen LogP contribution < -0.4 is 0 Å². The number of aromatic carboxylic acids is 1. The van der Waals surface area contributed by atoms with Gasteiger partial charge in [0.25, 0.3) is 0 Å². The van der Waals surface area contributed by atoms with Gasteiger partial charge in [-0.1, -0.05) is 0 Å². The molecular formula is C7H7NO3. The molecule has 0 bridgehead atoms. The second-order valence-electron chi connectivity index (χ2n) is 2.00. The Bertz CT molecular complexity index is 255. The van der Waals surface area contributed by atoms with Crippen molar-refractivity contribution in [1.82, 2.24) is 4.98 Å². The minimum atomic E-state index is -1.01. The Hall–Kier alpha value is -1.42. The summed E-state index contributed by atoms with van der Waals surface area (Å²) in [5, 5.41) is 17.0. The predicted molar refractivity (Wildman–Crippen MR) is 37.1 cm³/mol. The first kappa shape index (κ1) is 7.68. The number of nitrogens with zero attached hydrogens (tertiary/aromatic N) is 1. The van der Waals surface area contributed by atoms with Crippen molar-refractivity contribution in [2.24, 2.45) is 0 Å².